The van der Waals surface area contributed by atoms with Gasteiger partial charge >= 0.3 is 0 Å². The summed E-state index contributed by atoms with van der Waals surface area (Å²) in [5.41, 5.74) is 20.2. The number of benzene rings is 2. The van der Waals surface area contributed by atoms with Gasteiger partial charge < -0.3 is 21.4 Å². The molecule has 3 aromatic rings. The summed E-state index contributed by atoms with van der Waals surface area (Å²) < 4.78 is 0. The Morgan fingerprint density at radius 1 is 1.06 bits per heavy atom. The molecule has 5 N–H and O–H groups in total. The van der Waals surface area contributed by atoms with Crippen molar-refractivity contribution in [3.63, 3.8) is 0 Å². The van der Waals surface area contributed by atoms with E-state index in [0.717, 1.165) is 60.7 Å². The molecular formula is C29H38N6. The lowest BCUT2D eigenvalue weighted by Gasteiger charge is -2.36. The van der Waals surface area contributed by atoms with Gasteiger partial charge in [-0.15, -0.1) is 0 Å². The molecule has 0 saturated carbocycles. The minimum Gasteiger partial charge on any atom is -0.397 e. The number of anilines is 1. The van der Waals surface area contributed by atoms with Crippen molar-refractivity contribution in [3.05, 3.63) is 83.7 Å². The van der Waals surface area contributed by atoms with Crippen LogP contribution in [0.5, 0.6) is 0 Å². The van der Waals surface area contributed by atoms with Crippen molar-refractivity contribution in [2.75, 3.05) is 37.6 Å². The Bertz CT molecular complexity index is 1250. The van der Waals surface area contributed by atoms with E-state index in [-0.39, 0.29) is 5.41 Å². The third-order valence-corrected chi connectivity index (χ3v) is 6.85. The van der Waals surface area contributed by atoms with E-state index >= 15 is 0 Å². The highest BCUT2D eigenvalue weighted by Crippen LogP contribution is 2.30. The van der Waals surface area contributed by atoms with Crippen molar-refractivity contribution in [2.45, 2.75) is 33.1 Å². The number of nitrogens with zero attached hydrogens (tertiary/aromatic N) is 3. The maximum Gasteiger partial charge on any atom is 0.138 e. The van der Waals surface area contributed by atoms with Crippen LogP contribution in [-0.2, 0) is 5.41 Å². The van der Waals surface area contributed by atoms with Crippen LogP contribution >= 0.6 is 0 Å². The Labute approximate surface area is 209 Å². The van der Waals surface area contributed by atoms with Crippen LogP contribution in [0.4, 0.5) is 5.69 Å². The molecule has 2 heterocycles. The Kier molecular flexibility index (Phi) is 7.03. The quantitative estimate of drug-likeness (QED) is 0.446. The number of hydrogen-bond donors (Lipinski definition) is 3. The highest BCUT2D eigenvalue weighted by molar-refractivity contribution is 5.91. The molecule has 0 spiro atoms. The van der Waals surface area contributed by atoms with E-state index in [9.17, 15) is 0 Å². The number of aromatic amines is 1. The number of H-pyrrole nitrogens is 1. The van der Waals surface area contributed by atoms with Gasteiger partial charge in [-0.2, -0.15) is 0 Å². The number of para-hydroxylation sites is 1. The van der Waals surface area contributed by atoms with E-state index in [0.29, 0.717) is 11.4 Å². The van der Waals surface area contributed by atoms with E-state index in [4.69, 9.17) is 16.5 Å². The molecule has 6 nitrogen and oxygen atoms in total. The summed E-state index contributed by atoms with van der Waals surface area (Å²) in [5.74, 6) is 0.909. The van der Waals surface area contributed by atoms with Gasteiger partial charge in [0.05, 0.1) is 22.6 Å². The minimum absolute atomic E-state index is 0.135. The van der Waals surface area contributed by atoms with E-state index in [1.165, 1.54) is 11.3 Å². The van der Waals surface area contributed by atoms with Crippen LogP contribution in [0.25, 0.3) is 22.4 Å². The van der Waals surface area contributed by atoms with Gasteiger partial charge in [-0.25, -0.2) is 4.98 Å². The van der Waals surface area contributed by atoms with Crippen molar-refractivity contribution >= 4 is 16.7 Å². The number of fused-ring (bicyclic) bond motifs is 1. The first kappa shape index (κ1) is 24.6. The topological polar surface area (TPSA) is 87.2 Å². The second-order valence-corrected chi connectivity index (χ2v) is 10.2. The lowest BCUT2D eigenvalue weighted by molar-refractivity contribution is 0.279. The number of piperazine rings is 1. The van der Waals surface area contributed by atoms with Crippen molar-refractivity contribution in [2.24, 2.45) is 11.5 Å². The van der Waals surface area contributed by atoms with Crippen LogP contribution in [0.2, 0.25) is 0 Å². The Morgan fingerprint density at radius 3 is 2.34 bits per heavy atom. The molecule has 0 bridgehead atoms. The first-order chi connectivity index (χ1) is 16.7. The van der Waals surface area contributed by atoms with Gasteiger partial charge in [0.25, 0.3) is 0 Å². The molecule has 1 saturated heterocycles. The molecule has 0 amide bonds. The van der Waals surface area contributed by atoms with E-state index in [1.54, 1.807) is 6.08 Å². The van der Waals surface area contributed by atoms with E-state index in [2.05, 4.69) is 84.6 Å². The molecule has 0 aliphatic carbocycles. The molecule has 0 unspecified atom stereocenters. The Hall–Kier alpha value is -3.51. The van der Waals surface area contributed by atoms with Crippen molar-refractivity contribution < 1.29 is 0 Å². The van der Waals surface area contributed by atoms with Crippen LogP contribution in [0.1, 0.15) is 33.3 Å². The fraction of sp³-hybridized carbons (Fsp3) is 0.345. The van der Waals surface area contributed by atoms with Gasteiger partial charge in [0.2, 0.25) is 0 Å². The van der Waals surface area contributed by atoms with E-state index < -0.39 is 0 Å². The fourth-order valence-electron chi connectivity index (χ4n) is 4.55. The summed E-state index contributed by atoms with van der Waals surface area (Å²) in [6.45, 7) is 17.0. The summed E-state index contributed by atoms with van der Waals surface area (Å²) >= 11 is 0. The van der Waals surface area contributed by atoms with Crippen LogP contribution in [0, 0.1) is 0 Å². The zero-order chi connectivity index (χ0) is 25.2. The molecule has 184 valence electrons. The molecule has 2 aromatic carbocycles. The lowest BCUT2D eigenvalue weighted by atomic mass is 9.87. The van der Waals surface area contributed by atoms with Crippen molar-refractivity contribution in [3.8, 4) is 11.4 Å². The van der Waals surface area contributed by atoms with Crippen LogP contribution in [0.3, 0.4) is 0 Å². The first-order valence-corrected chi connectivity index (χ1v) is 12.3. The molecule has 4 rings (SSSR count). The lowest BCUT2D eigenvalue weighted by Crippen LogP contribution is -2.47. The highest BCUT2D eigenvalue weighted by Gasteiger charge is 2.21. The molecule has 1 aliphatic rings. The summed E-state index contributed by atoms with van der Waals surface area (Å²) in [7, 11) is 0. The summed E-state index contributed by atoms with van der Waals surface area (Å²) in [4.78, 5) is 13.4. The molecule has 0 radical (unpaired) electrons. The predicted molar refractivity (Wildman–Crippen MR) is 148 cm³/mol. The first-order valence-electron chi connectivity index (χ1n) is 12.3. The molecule has 6 heteroatoms. The van der Waals surface area contributed by atoms with Gasteiger partial charge in [0, 0.05) is 38.3 Å². The van der Waals surface area contributed by atoms with Gasteiger partial charge in [-0.1, -0.05) is 63.8 Å². The van der Waals surface area contributed by atoms with Crippen molar-refractivity contribution in [1.82, 2.24) is 14.9 Å². The number of hydrogen-bond acceptors (Lipinski definition) is 5. The SMILES string of the molecule is C=C/C(N)=C(N)\C(=C/C)CN1CCN(c2cccc3[nH]c(-c4ccc(C(C)(C)C)cc4)nc23)CC1. The van der Waals surface area contributed by atoms with Crippen LogP contribution < -0.4 is 16.4 Å². The number of nitrogens with two attached hydrogens (primary N) is 2. The monoisotopic (exact) mass is 470 g/mol. The molecule has 1 aromatic heterocycles. The number of allylic oxidation sites excluding steroid dienone is 2. The second-order valence-electron chi connectivity index (χ2n) is 10.2. The molecule has 1 fully saturated rings. The predicted octanol–water partition coefficient (Wildman–Crippen LogP) is 4.91. The highest BCUT2D eigenvalue weighted by atomic mass is 15.3. The zero-order valence-corrected chi connectivity index (χ0v) is 21.4. The fourth-order valence-corrected chi connectivity index (χ4v) is 4.55. The van der Waals surface area contributed by atoms with Crippen LogP contribution in [0.15, 0.2) is 78.2 Å². The van der Waals surface area contributed by atoms with Gasteiger partial charge in [-0.3, -0.25) is 4.90 Å². The summed E-state index contributed by atoms with van der Waals surface area (Å²) in [6.07, 6.45) is 3.65. The van der Waals surface area contributed by atoms with Gasteiger partial charge in [0.15, 0.2) is 0 Å². The summed E-state index contributed by atoms with van der Waals surface area (Å²) in [6, 6.07) is 15.1. The Morgan fingerprint density at radius 2 is 1.74 bits per heavy atom. The molecule has 0 atom stereocenters. The third kappa shape index (κ3) is 5.28. The third-order valence-electron chi connectivity index (χ3n) is 6.85. The standard InChI is InChI=1S/C29H38N6/c1-6-20(26(31)23(30)7-2)19-34-15-17-35(18-16-34)25-10-8-9-24-27(25)33-28(32-24)21-11-13-22(14-12-21)29(3,4)5/h6-14H,2,15-19,30-31H2,1,3-5H3,(H,32,33)/b20-6-,26-23-. The van der Waals surface area contributed by atoms with Crippen molar-refractivity contribution in [1.29, 1.82) is 0 Å². The van der Waals surface area contributed by atoms with Gasteiger partial charge in [-0.05, 0) is 41.7 Å². The maximum atomic E-state index is 6.23. The average molecular weight is 471 g/mol. The number of imidazole rings is 1. The normalized spacial score (nSPS) is 16.5. The largest absolute Gasteiger partial charge is 0.397 e. The average Bonchev–Trinajstić information content (AvgIpc) is 3.31. The zero-order valence-electron chi connectivity index (χ0n) is 21.4. The van der Waals surface area contributed by atoms with Crippen LogP contribution in [-0.4, -0.2) is 47.6 Å². The van der Waals surface area contributed by atoms with E-state index in [1.807, 2.05) is 13.0 Å². The number of rotatable bonds is 6. The maximum absolute atomic E-state index is 6.23. The molecule has 1 aliphatic heterocycles. The molecule has 35 heavy (non-hydrogen) atoms. The molecular weight excluding hydrogens is 432 g/mol. The smallest absolute Gasteiger partial charge is 0.138 e. The van der Waals surface area contributed by atoms with Gasteiger partial charge in [0.1, 0.15) is 11.3 Å². The number of aromatic nitrogens is 2. The Balaban J connectivity index is 1.50. The minimum atomic E-state index is 0.135. The second kappa shape index (κ2) is 10.0. The summed E-state index contributed by atoms with van der Waals surface area (Å²) in [5, 5.41) is 0. The number of nitrogens with one attached hydrogen (secondary N) is 1.